The summed E-state index contributed by atoms with van der Waals surface area (Å²) in [6.45, 7) is 7.01. The highest BCUT2D eigenvalue weighted by molar-refractivity contribution is 7.91. The van der Waals surface area contributed by atoms with Gasteiger partial charge in [0.15, 0.2) is 9.34 Å². The highest BCUT2D eigenvalue weighted by Gasteiger charge is 2.27. The van der Waals surface area contributed by atoms with Gasteiger partial charge in [0.1, 0.15) is 0 Å². The molecule has 1 aromatic heterocycles. The Kier molecular flexibility index (Phi) is 5.51. The van der Waals surface area contributed by atoms with E-state index in [2.05, 4.69) is 4.98 Å². The predicted octanol–water partition coefficient (Wildman–Crippen LogP) is 1.08. The Morgan fingerprint density at radius 1 is 1.44 bits per heavy atom. The van der Waals surface area contributed by atoms with Gasteiger partial charge in [0.25, 0.3) is 10.0 Å². The van der Waals surface area contributed by atoms with Crippen LogP contribution in [0.25, 0.3) is 0 Å². The molecule has 0 aliphatic heterocycles. The molecule has 104 valence electrons. The third-order valence-corrected chi connectivity index (χ3v) is 5.93. The number of rotatable bonds is 7. The summed E-state index contributed by atoms with van der Waals surface area (Å²) < 4.78 is 31.5. The largest absolute Gasteiger partial charge is 0.380 e. The zero-order chi connectivity index (χ0) is 13.8. The van der Waals surface area contributed by atoms with Crippen molar-refractivity contribution >= 4 is 26.5 Å². The summed E-state index contributed by atoms with van der Waals surface area (Å²) in [5.74, 6) is 0. The number of likely N-dealkylation sites (N-methyl/N-ethyl adjacent to an activating group) is 1. The molecule has 18 heavy (non-hydrogen) atoms. The summed E-state index contributed by atoms with van der Waals surface area (Å²) in [4.78, 5) is 3.95. The van der Waals surface area contributed by atoms with Crippen molar-refractivity contribution in [2.75, 3.05) is 32.0 Å². The Morgan fingerprint density at radius 3 is 2.56 bits per heavy atom. The third kappa shape index (κ3) is 3.41. The summed E-state index contributed by atoms with van der Waals surface area (Å²) in [5.41, 5.74) is 5.99. The van der Waals surface area contributed by atoms with Gasteiger partial charge in [0.2, 0.25) is 0 Å². The summed E-state index contributed by atoms with van der Waals surface area (Å²) >= 11 is 1.00. The zero-order valence-corrected chi connectivity index (χ0v) is 12.5. The number of hydrogen-bond acceptors (Lipinski definition) is 6. The van der Waals surface area contributed by atoms with E-state index in [0.717, 1.165) is 11.3 Å². The highest BCUT2D eigenvalue weighted by atomic mass is 32.2. The number of sulfonamides is 1. The number of thiazole rings is 1. The number of hydrogen-bond donors (Lipinski definition) is 1. The highest BCUT2D eigenvalue weighted by Crippen LogP contribution is 2.27. The molecular weight excluding hydrogens is 274 g/mol. The minimum Gasteiger partial charge on any atom is -0.380 e. The molecule has 1 heterocycles. The van der Waals surface area contributed by atoms with Gasteiger partial charge in [-0.05, 0) is 13.8 Å². The molecule has 6 nitrogen and oxygen atoms in total. The Morgan fingerprint density at radius 2 is 2.11 bits per heavy atom. The van der Waals surface area contributed by atoms with Crippen LogP contribution < -0.4 is 5.73 Å². The average Bonchev–Trinajstić information content (AvgIpc) is 2.64. The molecule has 8 heteroatoms. The van der Waals surface area contributed by atoms with Crippen LogP contribution in [0.4, 0.5) is 5.13 Å². The van der Waals surface area contributed by atoms with E-state index >= 15 is 0 Å². The van der Waals surface area contributed by atoms with Gasteiger partial charge >= 0.3 is 0 Å². The summed E-state index contributed by atoms with van der Waals surface area (Å²) in [7, 11) is -3.51. The van der Waals surface area contributed by atoms with Gasteiger partial charge in [-0.25, -0.2) is 13.4 Å². The van der Waals surface area contributed by atoms with Gasteiger partial charge in [-0.1, -0.05) is 18.3 Å². The van der Waals surface area contributed by atoms with Gasteiger partial charge in [-0.15, -0.1) is 0 Å². The number of aryl methyl sites for hydroxylation is 1. The molecule has 0 fully saturated rings. The van der Waals surface area contributed by atoms with Crippen LogP contribution in [-0.2, 0) is 14.8 Å². The topological polar surface area (TPSA) is 85.5 Å². The van der Waals surface area contributed by atoms with Gasteiger partial charge < -0.3 is 10.5 Å². The lowest BCUT2D eigenvalue weighted by Gasteiger charge is -2.19. The van der Waals surface area contributed by atoms with Crippen molar-refractivity contribution in [3.63, 3.8) is 0 Å². The van der Waals surface area contributed by atoms with Crippen LogP contribution >= 0.6 is 11.3 Å². The molecule has 1 rings (SSSR count). The Labute approximate surface area is 112 Å². The summed E-state index contributed by atoms with van der Waals surface area (Å²) in [5, 5.41) is 0.270. The van der Waals surface area contributed by atoms with Gasteiger partial charge in [-0.3, -0.25) is 0 Å². The van der Waals surface area contributed by atoms with Crippen molar-refractivity contribution in [3.05, 3.63) is 5.69 Å². The fraction of sp³-hybridized carbons (Fsp3) is 0.700. The molecule has 0 unspecified atom stereocenters. The Bertz CT molecular complexity index is 485. The minimum absolute atomic E-state index is 0.221. The van der Waals surface area contributed by atoms with E-state index in [-0.39, 0.29) is 9.34 Å². The normalized spacial score (nSPS) is 12.2. The number of ether oxygens (including phenoxy) is 1. The van der Waals surface area contributed by atoms with Crippen molar-refractivity contribution in [2.45, 2.75) is 25.0 Å². The van der Waals surface area contributed by atoms with Crippen LogP contribution in [0.1, 0.15) is 19.5 Å². The molecule has 0 aliphatic rings. The first-order valence-corrected chi connectivity index (χ1v) is 7.99. The molecule has 1 aromatic rings. The molecule has 0 spiro atoms. The van der Waals surface area contributed by atoms with Crippen LogP contribution in [0.3, 0.4) is 0 Å². The molecule has 0 saturated carbocycles. The second-order valence-corrected chi connectivity index (χ2v) is 6.78. The zero-order valence-electron chi connectivity index (χ0n) is 10.8. The molecule has 0 aliphatic carbocycles. The van der Waals surface area contributed by atoms with E-state index in [1.807, 2.05) is 6.92 Å². The number of nitrogens with zero attached hydrogens (tertiary/aromatic N) is 2. The average molecular weight is 293 g/mol. The number of anilines is 1. The van der Waals surface area contributed by atoms with Crippen molar-refractivity contribution in [3.8, 4) is 0 Å². The first kappa shape index (κ1) is 15.4. The minimum atomic E-state index is -3.51. The maximum Gasteiger partial charge on any atom is 0.254 e. The second kappa shape index (κ2) is 6.46. The lowest BCUT2D eigenvalue weighted by atomic mass is 10.6. The number of nitrogens with two attached hydrogens (primary N) is 1. The standard InChI is InChI=1S/C10H19N3O3S2/c1-4-13(6-7-16-5-2)18(14,15)9-8(3)12-10(11)17-9/h4-7H2,1-3H3,(H2,11,12). The van der Waals surface area contributed by atoms with Gasteiger partial charge in [0, 0.05) is 19.7 Å². The Hall–Kier alpha value is -0.700. The van der Waals surface area contributed by atoms with Crippen molar-refractivity contribution < 1.29 is 13.2 Å². The quantitative estimate of drug-likeness (QED) is 0.760. The van der Waals surface area contributed by atoms with E-state index in [4.69, 9.17) is 10.5 Å². The van der Waals surface area contributed by atoms with E-state index in [1.165, 1.54) is 4.31 Å². The number of nitrogen functional groups attached to an aromatic ring is 1. The lowest BCUT2D eigenvalue weighted by Crippen LogP contribution is -2.33. The molecule has 0 saturated heterocycles. The molecule has 0 bridgehead atoms. The van der Waals surface area contributed by atoms with Crippen molar-refractivity contribution in [1.82, 2.24) is 9.29 Å². The molecule has 0 radical (unpaired) electrons. The molecule has 0 aromatic carbocycles. The maximum atomic E-state index is 12.4. The first-order chi connectivity index (χ1) is 8.43. The van der Waals surface area contributed by atoms with Crippen LogP contribution in [0.5, 0.6) is 0 Å². The van der Waals surface area contributed by atoms with Crippen LogP contribution in [0.2, 0.25) is 0 Å². The van der Waals surface area contributed by atoms with E-state index in [9.17, 15) is 8.42 Å². The van der Waals surface area contributed by atoms with Crippen molar-refractivity contribution in [1.29, 1.82) is 0 Å². The monoisotopic (exact) mass is 293 g/mol. The van der Waals surface area contributed by atoms with Crippen LogP contribution in [0.15, 0.2) is 4.21 Å². The fourth-order valence-electron chi connectivity index (χ4n) is 1.52. The van der Waals surface area contributed by atoms with E-state index in [0.29, 0.717) is 32.0 Å². The fourth-order valence-corrected chi connectivity index (χ4v) is 4.39. The molecule has 2 N–H and O–H groups in total. The Balaban J connectivity index is 2.92. The third-order valence-electron chi connectivity index (χ3n) is 2.39. The predicted molar refractivity (Wildman–Crippen MR) is 72.2 cm³/mol. The summed E-state index contributed by atoms with van der Waals surface area (Å²) in [6.07, 6.45) is 0. The second-order valence-electron chi connectivity index (χ2n) is 3.62. The SMILES string of the molecule is CCOCCN(CC)S(=O)(=O)c1sc(N)nc1C. The van der Waals surface area contributed by atoms with Gasteiger partial charge in [-0.2, -0.15) is 4.31 Å². The summed E-state index contributed by atoms with van der Waals surface area (Å²) in [6, 6.07) is 0. The molecule has 0 atom stereocenters. The lowest BCUT2D eigenvalue weighted by molar-refractivity contribution is 0.135. The smallest absolute Gasteiger partial charge is 0.254 e. The molecule has 0 amide bonds. The maximum absolute atomic E-state index is 12.4. The molecular formula is C10H19N3O3S2. The van der Waals surface area contributed by atoms with Gasteiger partial charge in [0.05, 0.1) is 12.3 Å². The van der Waals surface area contributed by atoms with Crippen LogP contribution in [0, 0.1) is 6.92 Å². The number of aromatic nitrogens is 1. The van der Waals surface area contributed by atoms with Crippen molar-refractivity contribution in [2.24, 2.45) is 0 Å². The van der Waals surface area contributed by atoms with E-state index < -0.39 is 10.0 Å². The first-order valence-electron chi connectivity index (χ1n) is 5.74. The van der Waals surface area contributed by atoms with Crippen LogP contribution in [-0.4, -0.2) is 44.0 Å². The van der Waals surface area contributed by atoms with E-state index in [1.54, 1.807) is 13.8 Å².